The lowest BCUT2D eigenvalue weighted by atomic mass is 9.94. The van der Waals surface area contributed by atoms with Crippen molar-refractivity contribution < 1.29 is 24.1 Å². The molecule has 0 aromatic heterocycles. The molecule has 5 nitrogen and oxygen atoms in total. The molecule has 1 N–H and O–H groups in total. The van der Waals surface area contributed by atoms with Gasteiger partial charge in [-0.25, -0.2) is 0 Å². The van der Waals surface area contributed by atoms with Gasteiger partial charge in [-0.15, -0.1) is 0 Å². The maximum Gasteiger partial charge on any atom is 0.186 e. The van der Waals surface area contributed by atoms with Crippen molar-refractivity contribution in [2.24, 2.45) is 0 Å². The number of rotatable bonds is 7. The highest BCUT2D eigenvalue weighted by atomic mass is 16.7. The van der Waals surface area contributed by atoms with E-state index >= 15 is 0 Å². The average Bonchev–Trinajstić information content (AvgIpc) is 3.21. The molecular formula is C22H26O5. The first kappa shape index (κ1) is 18.6. The van der Waals surface area contributed by atoms with Crippen LogP contribution in [0.5, 0.6) is 0 Å². The van der Waals surface area contributed by atoms with Crippen molar-refractivity contribution in [3.8, 4) is 0 Å². The van der Waals surface area contributed by atoms with E-state index < -0.39 is 18.0 Å². The van der Waals surface area contributed by atoms with Gasteiger partial charge in [-0.1, -0.05) is 60.7 Å². The van der Waals surface area contributed by atoms with Crippen LogP contribution < -0.4 is 0 Å². The van der Waals surface area contributed by atoms with E-state index in [-0.39, 0.29) is 12.2 Å². The van der Waals surface area contributed by atoms with Crippen molar-refractivity contribution in [3.63, 3.8) is 0 Å². The fourth-order valence-corrected chi connectivity index (χ4v) is 4.11. The minimum absolute atomic E-state index is 0.143. The van der Waals surface area contributed by atoms with Crippen LogP contribution in [0.25, 0.3) is 0 Å². The van der Waals surface area contributed by atoms with Crippen LogP contribution >= 0.6 is 0 Å². The van der Waals surface area contributed by atoms with Crippen LogP contribution in [0, 0.1) is 0 Å². The minimum Gasteiger partial charge on any atom is -0.385 e. The van der Waals surface area contributed by atoms with Gasteiger partial charge in [0.1, 0.15) is 17.8 Å². The zero-order valence-electron chi connectivity index (χ0n) is 15.5. The molecule has 1 saturated heterocycles. The molecular weight excluding hydrogens is 344 g/mol. The lowest BCUT2D eigenvalue weighted by Gasteiger charge is -2.32. The van der Waals surface area contributed by atoms with Gasteiger partial charge in [-0.3, -0.25) is 0 Å². The molecule has 0 radical (unpaired) electrons. The molecule has 2 aliphatic rings. The zero-order valence-corrected chi connectivity index (χ0v) is 15.5. The summed E-state index contributed by atoms with van der Waals surface area (Å²) in [5.74, 6) is 0. The van der Waals surface area contributed by atoms with Crippen LogP contribution in [-0.2, 0) is 32.2 Å². The Morgan fingerprint density at radius 2 is 1.63 bits per heavy atom. The van der Waals surface area contributed by atoms with E-state index in [4.69, 9.17) is 18.9 Å². The number of fused-ring (bicyclic) bond motifs is 1. The summed E-state index contributed by atoms with van der Waals surface area (Å²) in [6, 6.07) is 20.0. The maximum atomic E-state index is 10.9. The van der Waals surface area contributed by atoms with Crippen molar-refractivity contribution in [3.05, 3.63) is 71.8 Å². The largest absolute Gasteiger partial charge is 0.385 e. The number of methoxy groups -OCH3 is 1. The van der Waals surface area contributed by atoms with Crippen LogP contribution in [0.2, 0.25) is 0 Å². The number of benzene rings is 2. The number of aliphatic hydroxyl groups excluding tert-OH is 1. The Morgan fingerprint density at radius 1 is 1.00 bits per heavy atom. The molecule has 5 atom stereocenters. The molecule has 0 amide bonds. The number of hydrogen-bond acceptors (Lipinski definition) is 5. The molecule has 1 aliphatic carbocycles. The van der Waals surface area contributed by atoms with Gasteiger partial charge >= 0.3 is 0 Å². The van der Waals surface area contributed by atoms with E-state index in [2.05, 4.69) is 0 Å². The number of aliphatic hydroxyl groups is 1. The van der Waals surface area contributed by atoms with Crippen LogP contribution in [-0.4, -0.2) is 42.4 Å². The molecule has 0 spiro atoms. The Hall–Kier alpha value is -1.76. The van der Waals surface area contributed by atoms with E-state index in [1.165, 1.54) is 0 Å². The van der Waals surface area contributed by atoms with Crippen molar-refractivity contribution in [1.82, 2.24) is 0 Å². The highest BCUT2D eigenvalue weighted by molar-refractivity contribution is 5.16. The van der Waals surface area contributed by atoms with Crippen molar-refractivity contribution in [2.45, 2.75) is 56.3 Å². The van der Waals surface area contributed by atoms with E-state index in [1.807, 2.05) is 60.7 Å². The molecule has 1 heterocycles. The van der Waals surface area contributed by atoms with Gasteiger partial charge in [0, 0.05) is 7.11 Å². The minimum atomic E-state index is -0.846. The predicted octanol–water partition coefficient (Wildman–Crippen LogP) is 3.05. The third-order valence-electron chi connectivity index (χ3n) is 5.57. The molecule has 27 heavy (non-hydrogen) atoms. The monoisotopic (exact) mass is 370 g/mol. The standard InChI is InChI=1S/C22H26O5/c1-24-21-19(23)22(26-15-17-10-6-3-7-11-17)13-12-18(20(22)27-21)25-14-16-8-4-2-5-9-16/h2-11,18-21,23H,12-15H2,1H3/t18-,19+,20-,21?,22+/m1/s1. The Morgan fingerprint density at radius 3 is 2.26 bits per heavy atom. The third kappa shape index (κ3) is 3.66. The summed E-state index contributed by atoms with van der Waals surface area (Å²) >= 11 is 0. The summed E-state index contributed by atoms with van der Waals surface area (Å²) in [4.78, 5) is 0. The van der Waals surface area contributed by atoms with Crippen molar-refractivity contribution >= 4 is 0 Å². The zero-order chi connectivity index (χ0) is 18.7. The Labute approximate surface area is 159 Å². The summed E-state index contributed by atoms with van der Waals surface area (Å²) < 4.78 is 23.8. The van der Waals surface area contributed by atoms with Gasteiger partial charge in [0.2, 0.25) is 0 Å². The molecule has 1 saturated carbocycles. The van der Waals surface area contributed by atoms with E-state index in [1.54, 1.807) is 7.11 Å². The fraction of sp³-hybridized carbons (Fsp3) is 0.455. The second kappa shape index (κ2) is 8.09. The smallest absolute Gasteiger partial charge is 0.186 e. The first-order chi connectivity index (χ1) is 13.2. The number of ether oxygens (including phenoxy) is 4. The van der Waals surface area contributed by atoms with Crippen molar-refractivity contribution in [1.29, 1.82) is 0 Å². The summed E-state index contributed by atoms with van der Waals surface area (Å²) in [5.41, 5.74) is 1.37. The molecule has 5 heteroatoms. The summed E-state index contributed by atoms with van der Waals surface area (Å²) in [6.45, 7) is 0.924. The highest BCUT2D eigenvalue weighted by Gasteiger charge is 2.63. The average molecular weight is 370 g/mol. The molecule has 1 aliphatic heterocycles. The third-order valence-corrected chi connectivity index (χ3v) is 5.57. The lowest BCUT2D eigenvalue weighted by molar-refractivity contribution is -0.170. The van der Waals surface area contributed by atoms with Gasteiger partial charge in [-0.05, 0) is 24.0 Å². The fourth-order valence-electron chi connectivity index (χ4n) is 4.11. The number of hydrogen-bond donors (Lipinski definition) is 1. The summed E-state index contributed by atoms with van der Waals surface area (Å²) in [7, 11) is 1.54. The topological polar surface area (TPSA) is 57.2 Å². The normalized spacial score (nSPS) is 32.5. The maximum absolute atomic E-state index is 10.9. The summed E-state index contributed by atoms with van der Waals surface area (Å²) in [5, 5.41) is 10.9. The second-order valence-corrected chi connectivity index (χ2v) is 7.21. The molecule has 4 rings (SSSR count). The van der Waals surface area contributed by atoms with E-state index in [0.717, 1.165) is 17.5 Å². The van der Waals surface area contributed by atoms with Crippen molar-refractivity contribution in [2.75, 3.05) is 7.11 Å². The summed E-state index contributed by atoms with van der Waals surface area (Å²) in [6.07, 6.45) is -0.596. The van der Waals surface area contributed by atoms with Gasteiger partial charge in [0.15, 0.2) is 6.29 Å². The predicted molar refractivity (Wildman–Crippen MR) is 99.9 cm³/mol. The molecule has 0 bridgehead atoms. The van der Waals surface area contributed by atoms with Gasteiger partial charge < -0.3 is 24.1 Å². The molecule has 2 aromatic carbocycles. The Bertz CT molecular complexity index is 722. The first-order valence-corrected chi connectivity index (χ1v) is 9.43. The van der Waals surface area contributed by atoms with Gasteiger partial charge in [-0.2, -0.15) is 0 Å². The van der Waals surface area contributed by atoms with E-state index in [0.29, 0.717) is 19.6 Å². The van der Waals surface area contributed by atoms with Crippen LogP contribution in [0.15, 0.2) is 60.7 Å². The molecule has 1 unspecified atom stereocenters. The highest BCUT2D eigenvalue weighted by Crippen LogP contribution is 2.47. The van der Waals surface area contributed by atoms with Crippen LogP contribution in [0.3, 0.4) is 0 Å². The molecule has 144 valence electrons. The Kier molecular flexibility index (Phi) is 5.57. The molecule has 2 fully saturated rings. The lowest BCUT2D eigenvalue weighted by Crippen LogP contribution is -2.49. The molecule has 2 aromatic rings. The second-order valence-electron chi connectivity index (χ2n) is 7.21. The van der Waals surface area contributed by atoms with Gasteiger partial charge in [0.05, 0.1) is 19.3 Å². The van der Waals surface area contributed by atoms with E-state index in [9.17, 15) is 5.11 Å². The first-order valence-electron chi connectivity index (χ1n) is 9.43. The SMILES string of the molecule is COC1O[C@@H]2[C@H](OCc3ccccc3)CC[C@]2(OCc2ccccc2)[C@H]1O. The van der Waals surface area contributed by atoms with Gasteiger partial charge in [0.25, 0.3) is 0 Å². The Balaban J connectivity index is 1.47. The quantitative estimate of drug-likeness (QED) is 0.812. The van der Waals surface area contributed by atoms with Crippen LogP contribution in [0.4, 0.5) is 0 Å². The van der Waals surface area contributed by atoms with Crippen LogP contribution in [0.1, 0.15) is 24.0 Å².